The van der Waals surface area contributed by atoms with Gasteiger partial charge >= 0.3 is 0 Å². The summed E-state index contributed by atoms with van der Waals surface area (Å²) in [5.41, 5.74) is 4.20. The molecule has 1 amide bonds. The smallest absolute Gasteiger partial charge is 0.213 e. The van der Waals surface area contributed by atoms with Gasteiger partial charge in [0.05, 0.1) is 17.5 Å². The number of hydrogen-bond acceptors (Lipinski definition) is 4. The van der Waals surface area contributed by atoms with E-state index in [0.29, 0.717) is 23.0 Å². The molecule has 0 unspecified atom stereocenters. The fourth-order valence-corrected chi connectivity index (χ4v) is 3.23. The number of aryl methyl sites for hydroxylation is 2. The van der Waals surface area contributed by atoms with E-state index < -0.39 is 0 Å². The first-order valence-electron chi connectivity index (χ1n) is 10.6. The zero-order chi connectivity index (χ0) is 23.8. The molecule has 0 spiro atoms. The Hall–Kier alpha value is -4.13. The highest BCUT2D eigenvalue weighted by atomic mass is 16.5. The van der Waals surface area contributed by atoms with Gasteiger partial charge in [0, 0.05) is 26.5 Å². The standard InChI is InChI=1S/C26H29N5O2/c1-6-9-20(16-30(4)18-32)14-24(33-22-12-8-11-19(3)13-22)25-23(10-7-2)28-26(29-25)21-15-27-31(5)17-21/h6-18H,1-5H3,(H,28,29)/b9-6-,10-7-,20-16+,24-14-. The third-order valence-corrected chi connectivity index (χ3v) is 4.67. The molecule has 7 nitrogen and oxygen atoms in total. The first-order valence-corrected chi connectivity index (χ1v) is 10.6. The third kappa shape index (κ3) is 6.20. The quantitative estimate of drug-likeness (QED) is 0.283. The van der Waals surface area contributed by atoms with Crippen LogP contribution in [0, 0.1) is 6.92 Å². The molecule has 0 aliphatic rings. The predicted molar refractivity (Wildman–Crippen MR) is 132 cm³/mol. The summed E-state index contributed by atoms with van der Waals surface area (Å²) in [4.78, 5) is 20.9. The number of H-pyrrole nitrogens is 1. The number of carbonyl (C=O) groups excluding carboxylic acids is 1. The van der Waals surface area contributed by atoms with Gasteiger partial charge in [-0.3, -0.25) is 9.48 Å². The van der Waals surface area contributed by atoms with Crippen LogP contribution in [0.2, 0.25) is 0 Å². The molecule has 33 heavy (non-hydrogen) atoms. The Morgan fingerprint density at radius 2 is 2.06 bits per heavy atom. The Kier molecular flexibility index (Phi) is 7.81. The van der Waals surface area contributed by atoms with E-state index >= 15 is 0 Å². The van der Waals surface area contributed by atoms with Gasteiger partial charge in [0.25, 0.3) is 0 Å². The number of carbonyl (C=O) groups is 1. The van der Waals surface area contributed by atoms with Crippen molar-refractivity contribution in [3.8, 4) is 17.1 Å². The second-order valence-electron chi connectivity index (χ2n) is 7.58. The van der Waals surface area contributed by atoms with Crippen molar-refractivity contribution < 1.29 is 9.53 Å². The summed E-state index contributed by atoms with van der Waals surface area (Å²) in [5, 5.41) is 4.25. The topological polar surface area (TPSA) is 76.0 Å². The molecular weight excluding hydrogens is 414 g/mol. The molecule has 170 valence electrons. The lowest BCUT2D eigenvalue weighted by Gasteiger charge is -2.12. The minimum atomic E-state index is 0.545. The minimum absolute atomic E-state index is 0.545. The van der Waals surface area contributed by atoms with Crippen LogP contribution in [0.3, 0.4) is 0 Å². The summed E-state index contributed by atoms with van der Waals surface area (Å²) in [6, 6.07) is 7.83. The molecule has 0 fully saturated rings. The molecule has 0 radical (unpaired) electrons. The molecule has 7 heteroatoms. The van der Waals surface area contributed by atoms with E-state index in [9.17, 15) is 4.79 Å². The summed E-state index contributed by atoms with van der Waals surface area (Å²) < 4.78 is 8.09. The molecule has 2 heterocycles. The highest BCUT2D eigenvalue weighted by Crippen LogP contribution is 2.28. The van der Waals surface area contributed by atoms with Crippen molar-refractivity contribution in [2.24, 2.45) is 7.05 Å². The van der Waals surface area contributed by atoms with Gasteiger partial charge in [-0.25, -0.2) is 4.98 Å². The Morgan fingerprint density at radius 3 is 2.70 bits per heavy atom. The molecule has 0 bridgehead atoms. The lowest BCUT2D eigenvalue weighted by atomic mass is 10.1. The monoisotopic (exact) mass is 443 g/mol. The SMILES string of the molecule is C\C=C/C(/C=C(\Oc1cccc(C)c1)c1nc(-c2cnn(C)c2)[nH]c1/C=C\C)=C\N(C)C=O. The number of rotatable bonds is 9. The van der Waals surface area contributed by atoms with E-state index in [1.807, 2.05) is 88.7 Å². The van der Waals surface area contributed by atoms with Gasteiger partial charge < -0.3 is 14.6 Å². The van der Waals surface area contributed by atoms with E-state index in [0.717, 1.165) is 28.8 Å². The predicted octanol–water partition coefficient (Wildman–Crippen LogP) is 5.12. The van der Waals surface area contributed by atoms with E-state index in [2.05, 4.69) is 10.1 Å². The molecule has 0 saturated carbocycles. The fraction of sp³-hybridized carbons (Fsp3) is 0.192. The maximum Gasteiger partial charge on any atom is 0.213 e. The number of nitrogens with zero attached hydrogens (tertiary/aromatic N) is 4. The van der Waals surface area contributed by atoms with Crippen molar-refractivity contribution in [1.82, 2.24) is 24.6 Å². The normalized spacial score (nSPS) is 12.6. The van der Waals surface area contributed by atoms with E-state index in [4.69, 9.17) is 9.72 Å². The summed E-state index contributed by atoms with van der Waals surface area (Å²) in [6.45, 7) is 5.88. The molecule has 2 aromatic heterocycles. The molecule has 0 aliphatic heterocycles. The number of aromatic amines is 1. The van der Waals surface area contributed by atoms with Crippen molar-refractivity contribution in [1.29, 1.82) is 0 Å². The van der Waals surface area contributed by atoms with Gasteiger partial charge in [-0.1, -0.05) is 30.4 Å². The molecule has 0 aliphatic carbocycles. The Morgan fingerprint density at radius 1 is 1.24 bits per heavy atom. The number of amides is 1. The van der Waals surface area contributed by atoms with Crippen molar-refractivity contribution in [2.75, 3.05) is 7.05 Å². The molecular formula is C26H29N5O2. The number of hydrogen-bond donors (Lipinski definition) is 1. The maximum atomic E-state index is 11.2. The molecule has 1 aromatic carbocycles. The van der Waals surface area contributed by atoms with E-state index in [1.165, 1.54) is 4.90 Å². The van der Waals surface area contributed by atoms with Gasteiger partial charge in [-0.05, 0) is 56.2 Å². The van der Waals surface area contributed by atoms with Crippen LogP contribution in [0.5, 0.6) is 5.75 Å². The zero-order valence-corrected chi connectivity index (χ0v) is 19.6. The van der Waals surface area contributed by atoms with Crippen molar-refractivity contribution in [3.63, 3.8) is 0 Å². The van der Waals surface area contributed by atoms with Crippen LogP contribution in [0.15, 0.2) is 72.7 Å². The van der Waals surface area contributed by atoms with Crippen LogP contribution in [0.1, 0.15) is 30.8 Å². The summed E-state index contributed by atoms with van der Waals surface area (Å²) >= 11 is 0. The van der Waals surface area contributed by atoms with Crippen molar-refractivity contribution in [3.05, 3.63) is 89.7 Å². The summed E-state index contributed by atoms with van der Waals surface area (Å²) in [6.07, 6.45) is 15.7. The lowest BCUT2D eigenvalue weighted by Crippen LogP contribution is -2.07. The Labute approximate surface area is 194 Å². The highest BCUT2D eigenvalue weighted by molar-refractivity contribution is 5.73. The van der Waals surface area contributed by atoms with Crippen LogP contribution in [0.25, 0.3) is 23.2 Å². The molecule has 0 saturated heterocycles. The van der Waals surface area contributed by atoms with Crippen LogP contribution in [-0.2, 0) is 11.8 Å². The zero-order valence-electron chi connectivity index (χ0n) is 19.6. The first kappa shape index (κ1) is 23.5. The molecule has 3 aromatic rings. The minimum Gasteiger partial charge on any atom is -0.455 e. The molecule has 0 atom stereocenters. The van der Waals surface area contributed by atoms with E-state index in [-0.39, 0.29) is 0 Å². The lowest BCUT2D eigenvalue weighted by molar-refractivity contribution is -0.115. The van der Waals surface area contributed by atoms with Crippen LogP contribution < -0.4 is 4.74 Å². The summed E-state index contributed by atoms with van der Waals surface area (Å²) in [5.74, 6) is 1.93. The van der Waals surface area contributed by atoms with Crippen LogP contribution >= 0.6 is 0 Å². The number of aromatic nitrogens is 4. The van der Waals surface area contributed by atoms with Gasteiger partial charge in [-0.2, -0.15) is 5.10 Å². The number of nitrogens with one attached hydrogen (secondary N) is 1. The first-order chi connectivity index (χ1) is 15.9. The van der Waals surface area contributed by atoms with Gasteiger partial charge in [0.2, 0.25) is 6.41 Å². The number of allylic oxidation sites excluding steroid dienone is 5. The van der Waals surface area contributed by atoms with Crippen molar-refractivity contribution in [2.45, 2.75) is 20.8 Å². The van der Waals surface area contributed by atoms with Crippen molar-refractivity contribution >= 4 is 18.2 Å². The second kappa shape index (κ2) is 10.9. The van der Waals surface area contributed by atoms with Gasteiger partial charge in [-0.15, -0.1) is 0 Å². The van der Waals surface area contributed by atoms with Crippen LogP contribution in [-0.4, -0.2) is 38.1 Å². The number of ether oxygens (including phenoxy) is 1. The van der Waals surface area contributed by atoms with Gasteiger partial charge in [0.1, 0.15) is 17.3 Å². The largest absolute Gasteiger partial charge is 0.455 e. The van der Waals surface area contributed by atoms with Gasteiger partial charge in [0.15, 0.2) is 5.76 Å². The van der Waals surface area contributed by atoms with Crippen LogP contribution in [0.4, 0.5) is 0 Å². The highest BCUT2D eigenvalue weighted by Gasteiger charge is 2.17. The Bertz CT molecular complexity index is 1230. The molecule has 1 N–H and O–H groups in total. The average molecular weight is 444 g/mol. The maximum absolute atomic E-state index is 11.2. The fourth-order valence-electron chi connectivity index (χ4n) is 3.23. The third-order valence-electron chi connectivity index (χ3n) is 4.67. The van der Waals surface area contributed by atoms with E-state index in [1.54, 1.807) is 24.1 Å². The number of imidazole rings is 1. The Balaban J connectivity index is 2.18. The molecule has 3 rings (SSSR count). The average Bonchev–Trinajstić information content (AvgIpc) is 3.40. The summed E-state index contributed by atoms with van der Waals surface area (Å²) in [7, 11) is 3.55. The number of benzene rings is 1. The second-order valence-corrected chi connectivity index (χ2v) is 7.58.